The minimum Gasteiger partial charge on any atom is -0.463 e. The van der Waals surface area contributed by atoms with E-state index in [1.807, 2.05) is 0 Å². The van der Waals surface area contributed by atoms with Crippen LogP contribution in [0.3, 0.4) is 0 Å². The van der Waals surface area contributed by atoms with E-state index >= 15 is 0 Å². The third-order valence-corrected chi connectivity index (χ3v) is 11.2. The van der Waals surface area contributed by atoms with Crippen molar-refractivity contribution in [3.8, 4) is 0 Å². The van der Waals surface area contributed by atoms with Gasteiger partial charge in [0, 0.05) is 19.4 Å². The summed E-state index contributed by atoms with van der Waals surface area (Å²) in [6, 6.07) is 0. The van der Waals surface area contributed by atoms with Crippen molar-refractivity contribution in [3.63, 3.8) is 0 Å². The second-order valence-electron chi connectivity index (χ2n) is 15.7. The molecule has 1 amide bonds. The molecule has 10 heteroatoms. The zero-order valence-corrected chi connectivity index (χ0v) is 36.8. The summed E-state index contributed by atoms with van der Waals surface area (Å²) in [6.07, 6.45) is 44.3. The first-order valence-corrected chi connectivity index (χ1v) is 24.7. The lowest BCUT2D eigenvalue weighted by Crippen LogP contribution is -2.27. The van der Waals surface area contributed by atoms with E-state index < -0.39 is 26.5 Å². The number of phosphoric ester groups is 1. The highest BCUT2D eigenvalue weighted by Gasteiger charge is 2.23. The van der Waals surface area contributed by atoms with E-state index in [0.717, 1.165) is 57.8 Å². The Balaban J connectivity index is 3.55. The molecule has 0 aliphatic heterocycles. The summed E-state index contributed by atoms with van der Waals surface area (Å²) in [4.78, 5) is 33.9. The Morgan fingerprint density at radius 1 is 0.545 bits per heavy atom. The van der Waals surface area contributed by atoms with Crippen LogP contribution in [0.25, 0.3) is 0 Å². The zero-order chi connectivity index (χ0) is 40.3. The molecule has 0 aromatic rings. The second-order valence-corrected chi connectivity index (χ2v) is 17.2. The molecule has 0 saturated carbocycles. The molecule has 2 atom stereocenters. The average molecular weight is 802 g/mol. The van der Waals surface area contributed by atoms with Crippen LogP contribution in [-0.2, 0) is 27.9 Å². The monoisotopic (exact) mass is 802 g/mol. The number of hydrogen-bond acceptors (Lipinski definition) is 7. The Labute approximate surface area is 338 Å². The molecule has 55 heavy (non-hydrogen) atoms. The van der Waals surface area contributed by atoms with Crippen LogP contribution in [0.1, 0.15) is 232 Å². The largest absolute Gasteiger partial charge is 0.472 e. The predicted octanol–water partition coefficient (Wildman–Crippen LogP) is 13.0. The van der Waals surface area contributed by atoms with Crippen LogP contribution in [-0.4, -0.2) is 54.3 Å². The lowest BCUT2D eigenvalue weighted by molar-refractivity contribution is -0.147. The molecule has 0 aromatic carbocycles. The summed E-state index contributed by atoms with van der Waals surface area (Å²) in [5, 5.41) is 12.7. The fraction of sp³-hybridized carbons (Fsp3) is 0.911. The van der Waals surface area contributed by atoms with Gasteiger partial charge in [0.15, 0.2) is 0 Å². The lowest BCUT2D eigenvalue weighted by Gasteiger charge is -2.15. The first kappa shape index (κ1) is 53.8. The van der Waals surface area contributed by atoms with Gasteiger partial charge in [-0.05, 0) is 38.5 Å². The van der Waals surface area contributed by atoms with Gasteiger partial charge in [0.25, 0.3) is 0 Å². The molecule has 0 heterocycles. The summed E-state index contributed by atoms with van der Waals surface area (Å²) in [6.45, 7) is 3.58. The number of nitrogens with one attached hydrogen (secondary N) is 1. The van der Waals surface area contributed by atoms with Crippen molar-refractivity contribution in [2.24, 2.45) is 0 Å². The Kier molecular flexibility index (Phi) is 41.4. The van der Waals surface area contributed by atoms with Gasteiger partial charge in [0.1, 0.15) is 12.7 Å². The molecular weight excluding hydrogens is 713 g/mol. The van der Waals surface area contributed by atoms with Gasteiger partial charge in [0.2, 0.25) is 5.91 Å². The van der Waals surface area contributed by atoms with Gasteiger partial charge in [-0.15, -0.1) is 0 Å². The number of phosphoric acid groups is 1. The summed E-state index contributed by atoms with van der Waals surface area (Å²) < 4.78 is 26.9. The summed E-state index contributed by atoms with van der Waals surface area (Å²) in [5.74, 6) is -0.514. The fourth-order valence-electron chi connectivity index (χ4n) is 6.67. The minimum atomic E-state index is -4.41. The smallest absolute Gasteiger partial charge is 0.463 e. The molecule has 0 aliphatic carbocycles. The molecule has 0 spiro atoms. The third-order valence-electron chi connectivity index (χ3n) is 10.2. The number of amides is 1. The van der Waals surface area contributed by atoms with E-state index in [1.54, 1.807) is 0 Å². The normalized spacial score (nSPS) is 13.3. The van der Waals surface area contributed by atoms with Gasteiger partial charge >= 0.3 is 13.8 Å². The topological polar surface area (TPSA) is 131 Å². The molecule has 0 saturated heterocycles. The molecule has 9 nitrogen and oxygen atoms in total. The van der Waals surface area contributed by atoms with Gasteiger partial charge in [-0.25, -0.2) is 4.57 Å². The standard InChI is InChI=1S/C45H88NO8P/c1-3-5-7-9-11-13-15-17-19-20-21-22-24-25-27-29-31-33-35-37-44(48)46-39-40-53-55(50,51)54-42-43(47)41-52-45(49)38-36-34-32-30-28-26-23-18-16-14-12-10-8-6-4-2/h18,23,43,47H,3-17,19-22,24-42H2,1-2H3,(H,46,48)(H,50,51)/b23-18-. The maximum absolute atomic E-state index is 12.1. The SMILES string of the molecule is CCCCCCCC/C=C\CCCCCCCC(=O)OCC(O)COP(=O)(O)OCCNC(=O)CCCCCCCCCCCCCCCCCCCCC. The molecule has 0 aliphatic rings. The molecule has 0 rings (SSSR count). The van der Waals surface area contributed by atoms with E-state index in [4.69, 9.17) is 13.8 Å². The van der Waals surface area contributed by atoms with E-state index in [-0.39, 0.29) is 32.1 Å². The second kappa shape index (κ2) is 42.4. The number of carbonyl (C=O) groups is 2. The Morgan fingerprint density at radius 3 is 1.36 bits per heavy atom. The Bertz CT molecular complexity index is 917. The quantitative estimate of drug-likeness (QED) is 0.0240. The van der Waals surface area contributed by atoms with Crippen molar-refractivity contribution in [2.75, 3.05) is 26.4 Å². The first-order chi connectivity index (χ1) is 26.8. The van der Waals surface area contributed by atoms with Crippen molar-refractivity contribution in [2.45, 2.75) is 238 Å². The predicted molar refractivity (Wildman–Crippen MR) is 229 cm³/mol. The number of aliphatic hydroxyl groups excluding tert-OH is 1. The highest BCUT2D eigenvalue weighted by Crippen LogP contribution is 2.42. The molecule has 0 fully saturated rings. The molecule has 0 bridgehead atoms. The van der Waals surface area contributed by atoms with Gasteiger partial charge in [-0.3, -0.25) is 18.6 Å². The Hall–Kier alpha value is -1.25. The van der Waals surface area contributed by atoms with Crippen LogP contribution < -0.4 is 5.32 Å². The highest BCUT2D eigenvalue weighted by atomic mass is 31.2. The van der Waals surface area contributed by atoms with Crippen LogP contribution in [0.15, 0.2) is 12.2 Å². The van der Waals surface area contributed by atoms with Crippen molar-refractivity contribution < 1.29 is 37.9 Å². The third kappa shape index (κ3) is 43.7. The summed E-state index contributed by atoms with van der Waals surface area (Å²) in [7, 11) is -4.41. The van der Waals surface area contributed by atoms with E-state index in [9.17, 15) is 24.2 Å². The van der Waals surface area contributed by atoms with Crippen LogP contribution in [0.4, 0.5) is 0 Å². The van der Waals surface area contributed by atoms with Crippen molar-refractivity contribution >= 4 is 19.7 Å². The van der Waals surface area contributed by atoms with Crippen molar-refractivity contribution in [3.05, 3.63) is 12.2 Å². The summed E-state index contributed by atoms with van der Waals surface area (Å²) >= 11 is 0. The lowest BCUT2D eigenvalue weighted by atomic mass is 10.0. The van der Waals surface area contributed by atoms with E-state index in [2.05, 4.69) is 31.3 Å². The van der Waals surface area contributed by atoms with E-state index in [0.29, 0.717) is 6.42 Å². The van der Waals surface area contributed by atoms with Crippen LogP contribution in [0, 0.1) is 0 Å². The van der Waals surface area contributed by atoms with Gasteiger partial charge in [0.05, 0.1) is 13.2 Å². The van der Waals surface area contributed by atoms with Gasteiger partial charge in [-0.1, -0.05) is 193 Å². The molecule has 326 valence electrons. The maximum atomic E-state index is 12.1. The highest BCUT2D eigenvalue weighted by molar-refractivity contribution is 7.47. The first-order valence-electron chi connectivity index (χ1n) is 23.2. The number of allylic oxidation sites excluding steroid dienone is 2. The molecule has 2 unspecified atom stereocenters. The van der Waals surface area contributed by atoms with Gasteiger partial charge < -0.3 is 20.1 Å². The molecular formula is C45H88NO8P. The number of rotatable bonds is 44. The maximum Gasteiger partial charge on any atom is 0.472 e. The van der Waals surface area contributed by atoms with Gasteiger partial charge in [-0.2, -0.15) is 0 Å². The number of hydrogen-bond donors (Lipinski definition) is 3. The molecule has 0 aromatic heterocycles. The van der Waals surface area contributed by atoms with Crippen molar-refractivity contribution in [1.82, 2.24) is 5.32 Å². The number of carbonyl (C=O) groups excluding carboxylic acids is 2. The number of unbranched alkanes of at least 4 members (excludes halogenated alkanes) is 29. The fourth-order valence-corrected chi connectivity index (χ4v) is 7.43. The average Bonchev–Trinajstić information content (AvgIpc) is 3.17. The summed E-state index contributed by atoms with van der Waals surface area (Å²) in [5.41, 5.74) is 0. The number of esters is 1. The molecule has 3 N–H and O–H groups in total. The van der Waals surface area contributed by atoms with E-state index in [1.165, 1.54) is 148 Å². The minimum absolute atomic E-state index is 0.0857. The molecule has 0 radical (unpaired) electrons. The van der Waals surface area contributed by atoms with Crippen LogP contribution >= 0.6 is 7.82 Å². The zero-order valence-electron chi connectivity index (χ0n) is 35.9. The Morgan fingerprint density at radius 2 is 0.927 bits per heavy atom. The van der Waals surface area contributed by atoms with Crippen LogP contribution in [0.2, 0.25) is 0 Å². The van der Waals surface area contributed by atoms with Crippen molar-refractivity contribution in [1.29, 1.82) is 0 Å². The number of ether oxygens (including phenoxy) is 1. The van der Waals surface area contributed by atoms with Crippen LogP contribution in [0.5, 0.6) is 0 Å². The number of aliphatic hydroxyl groups is 1.